The minimum Gasteiger partial charge on any atom is -0.310 e. The number of amides is 1. The van der Waals surface area contributed by atoms with Gasteiger partial charge in [0.05, 0.1) is 12.2 Å². The maximum absolute atomic E-state index is 11.6. The van der Waals surface area contributed by atoms with Crippen LogP contribution in [0.25, 0.3) is 0 Å². The zero-order chi connectivity index (χ0) is 12.3. The molecule has 0 fully saturated rings. The van der Waals surface area contributed by atoms with Crippen LogP contribution >= 0.6 is 0 Å². The van der Waals surface area contributed by atoms with E-state index in [9.17, 15) is 4.79 Å². The van der Waals surface area contributed by atoms with Crippen LogP contribution in [-0.4, -0.2) is 41.2 Å². The Balaban J connectivity index is 2.81. The lowest BCUT2D eigenvalue weighted by atomic mass is 10.2. The van der Waals surface area contributed by atoms with Crippen LogP contribution in [-0.2, 0) is 18.3 Å². The van der Waals surface area contributed by atoms with Crippen LogP contribution in [0, 0.1) is 6.92 Å². The second-order valence-electron chi connectivity index (χ2n) is 4.18. The molecule has 1 heterocycles. The molecule has 1 aromatic heterocycles. The van der Waals surface area contributed by atoms with Crippen LogP contribution in [0.5, 0.6) is 0 Å². The largest absolute Gasteiger partial charge is 0.310 e. The van der Waals surface area contributed by atoms with E-state index in [1.807, 2.05) is 33.0 Å². The van der Waals surface area contributed by atoms with E-state index < -0.39 is 0 Å². The van der Waals surface area contributed by atoms with Gasteiger partial charge in [0.1, 0.15) is 5.82 Å². The molecule has 5 heteroatoms. The van der Waals surface area contributed by atoms with Crippen LogP contribution in [0.4, 0.5) is 5.82 Å². The van der Waals surface area contributed by atoms with Crippen molar-refractivity contribution in [2.75, 3.05) is 26.0 Å². The van der Waals surface area contributed by atoms with E-state index in [2.05, 4.69) is 17.3 Å². The molecular weight excluding hydrogens is 204 g/mol. The van der Waals surface area contributed by atoms with Gasteiger partial charge in [0.25, 0.3) is 0 Å². The van der Waals surface area contributed by atoms with E-state index in [1.165, 1.54) is 0 Å². The lowest BCUT2D eigenvalue weighted by Crippen LogP contribution is -2.28. The fraction of sp³-hybridized carbons (Fsp3) is 0.636. The summed E-state index contributed by atoms with van der Waals surface area (Å²) < 4.78 is 1.72. The summed E-state index contributed by atoms with van der Waals surface area (Å²) in [5.74, 6) is 0.780. The van der Waals surface area contributed by atoms with Gasteiger partial charge in [-0.3, -0.25) is 9.48 Å². The smallest absolute Gasteiger partial charge is 0.239 e. The molecule has 16 heavy (non-hydrogen) atoms. The Bertz CT molecular complexity index is 382. The molecule has 0 aliphatic heterocycles. The van der Waals surface area contributed by atoms with Crippen molar-refractivity contribution in [3.8, 4) is 0 Å². The molecule has 0 spiro atoms. The monoisotopic (exact) mass is 224 g/mol. The van der Waals surface area contributed by atoms with Crippen molar-refractivity contribution in [2.45, 2.75) is 20.3 Å². The normalized spacial score (nSPS) is 10.9. The minimum absolute atomic E-state index is 0.0150. The molecule has 0 aliphatic carbocycles. The highest BCUT2D eigenvalue weighted by Gasteiger charge is 2.13. The fourth-order valence-electron chi connectivity index (χ4n) is 1.65. The molecule has 0 bridgehead atoms. The van der Waals surface area contributed by atoms with Crippen molar-refractivity contribution in [2.24, 2.45) is 7.05 Å². The molecule has 0 saturated heterocycles. The van der Waals surface area contributed by atoms with Gasteiger partial charge in [0.15, 0.2) is 0 Å². The predicted octanol–water partition coefficient (Wildman–Crippen LogP) is 0.791. The van der Waals surface area contributed by atoms with Crippen LogP contribution in [0.1, 0.15) is 18.2 Å². The Labute approximate surface area is 96.4 Å². The van der Waals surface area contributed by atoms with Gasteiger partial charge in [-0.2, -0.15) is 5.10 Å². The summed E-state index contributed by atoms with van der Waals surface area (Å²) in [6.07, 6.45) is 0.878. The van der Waals surface area contributed by atoms with E-state index in [1.54, 1.807) is 4.68 Å². The lowest BCUT2D eigenvalue weighted by molar-refractivity contribution is -0.116. The van der Waals surface area contributed by atoms with Crippen molar-refractivity contribution >= 4 is 11.7 Å². The first-order valence-corrected chi connectivity index (χ1v) is 5.42. The molecule has 0 atom stereocenters. The maximum Gasteiger partial charge on any atom is 0.239 e. The summed E-state index contributed by atoms with van der Waals surface area (Å²) in [4.78, 5) is 13.5. The van der Waals surface area contributed by atoms with Crippen molar-refractivity contribution in [1.29, 1.82) is 0 Å². The van der Waals surface area contributed by atoms with Crippen LogP contribution in [0.3, 0.4) is 0 Å². The maximum atomic E-state index is 11.6. The van der Waals surface area contributed by atoms with Gasteiger partial charge < -0.3 is 10.2 Å². The van der Waals surface area contributed by atoms with E-state index in [-0.39, 0.29) is 5.91 Å². The van der Waals surface area contributed by atoms with Crippen molar-refractivity contribution in [3.05, 3.63) is 11.3 Å². The molecule has 1 amide bonds. The van der Waals surface area contributed by atoms with Gasteiger partial charge >= 0.3 is 0 Å². The summed E-state index contributed by atoms with van der Waals surface area (Å²) in [5, 5.41) is 7.23. The highest BCUT2D eigenvalue weighted by atomic mass is 16.2. The van der Waals surface area contributed by atoms with Gasteiger partial charge in [0, 0.05) is 12.6 Å². The lowest BCUT2D eigenvalue weighted by Gasteiger charge is -2.10. The van der Waals surface area contributed by atoms with Gasteiger partial charge in [-0.25, -0.2) is 0 Å². The number of nitrogens with one attached hydrogen (secondary N) is 1. The number of nitrogens with zero attached hydrogens (tertiary/aromatic N) is 3. The third-order valence-corrected chi connectivity index (χ3v) is 2.43. The number of aryl methyl sites for hydroxylation is 2. The number of hydrogen-bond donors (Lipinski definition) is 1. The summed E-state index contributed by atoms with van der Waals surface area (Å²) in [5.41, 5.74) is 2.08. The highest BCUT2D eigenvalue weighted by molar-refractivity contribution is 5.92. The van der Waals surface area contributed by atoms with Crippen LogP contribution in [0.15, 0.2) is 0 Å². The van der Waals surface area contributed by atoms with Crippen LogP contribution < -0.4 is 5.32 Å². The molecular formula is C11H20N4O. The Morgan fingerprint density at radius 2 is 2.12 bits per heavy atom. The second-order valence-corrected chi connectivity index (χ2v) is 4.18. The number of likely N-dealkylation sites (N-methyl/N-ethyl adjacent to an activating group) is 1. The van der Waals surface area contributed by atoms with E-state index in [4.69, 9.17) is 0 Å². The first-order valence-electron chi connectivity index (χ1n) is 5.42. The molecule has 1 rings (SSSR count). The van der Waals surface area contributed by atoms with Crippen molar-refractivity contribution in [3.63, 3.8) is 0 Å². The number of aromatic nitrogens is 2. The fourth-order valence-corrected chi connectivity index (χ4v) is 1.65. The van der Waals surface area contributed by atoms with Crippen molar-refractivity contribution in [1.82, 2.24) is 14.7 Å². The molecule has 1 N–H and O–H groups in total. The van der Waals surface area contributed by atoms with E-state index in [0.717, 1.165) is 23.5 Å². The summed E-state index contributed by atoms with van der Waals surface area (Å²) >= 11 is 0. The van der Waals surface area contributed by atoms with Gasteiger partial charge in [-0.1, -0.05) is 6.92 Å². The quantitative estimate of drug-likeness (QED) is 0.822. The predicted molar refractivity (Wildman–Crippen MR) is 64.5 cm³/mol. The first kappa shape index (κ1) is 12.7. The Morgan fingerprint density at radius 1 is 1.50 bits per heavy atom. The molecule has 0 unspecified atom stereocenters. The third kappa shape index (κ3) is 2.82. The Morgan fingerprint density at radius 3 is 2.56 bits per heavy atom. The van der Waals surface area contributed by atoms with Crippen molar-refractivity contribution < 1.29 is 4.79 Å². The van der Waals surface area contributed by atoms with Gasteiger partial charge in [-0.15, -0.1) is 0 Å². The molecule has 90 valence electrons. The third-order valence-electron chi connectivity index (χ3n) is 2.43. The summed E-state index contributed by atoms with van der Waals surface area (Å²) in [6, 6.07) is 0. The van der Waals surface area contributed by atoms with E-state index in [0.29, 0.717) is 6.54 Å². The number of carbonyl (C=O) groups is 1. The highest BCUT2D eigenvalue weighted by Crippen LogP contribution is 2.17. The van der Waals surface area contributed by atoms with Gasteiger partial charge in [-0.05, 0) is 27.4 Å². The second kappa shape index (κ2) is 5.12. The molecule has 1 aromatic rings. The number of rotatable bonds is 4. The molecule has 0 radical (unpaired) electrons. The standard InChI is InChI=1S/C11H20N4O/c1-6-9-8(2)11(15(5)13-9)12-10(16)7-14(3)4/h6-7H2,1-5H3,(H,12,16). The SMILES string of the molecule is CCc1nn(C)c(NC(=O)CN(C)C)c1C. The average Bonchev–Trinajstić information content (AvgIpc) is 2.44. The topological polar surface area (TPSA) is 50.2 Å². The molecule has 0 saturated carbocycles. The molecule has 0 aromatic carbocycles. The Hall–Kier alpha value is -1.36. The average molecular weight is 224 g/mol. The zero-order valence-corrected chi connectivity index (χ0v) is 10.7. The van der Waals surface area contributed by atoms with Gasteiger partial charge in [0.2, 0.25) is 5.91 Å². The summed E-state index contributed by atoms with van der Waals surface area (Å²) in [6.45, 7) is 4.42. The van der Waals surface area contributed by atoms with Crippen LogP contribution in [0.2, 0.25) is 0 Å². The number of anilines is 1. The summed E-state index contributed by atoms with van der Waals surface area (Å²) in [7, 11) is 5.58. The minimum atomic E-state index is -0.0150. The Kier molecular flexibility index (Phi) is 4.06. The zero-order valence-electron chi connectivity index (χ0n) is 10.7. The molecule has 5 nitrogen and oxygen atoms in total. The number of hydrogen-bond acceptors (Lipinski definition) is 3. The van der Waals surface area contributed by atoms with E-state index >= 15 is 0 Å². The molecule has 0 aliphatic rings. The number of carbonyl (C=O) groups excluding carboxylic acids is 1. The first-order chi connectivity index (χ1) is 7.45.